The first-order valence-corrected chi connectivity index (χ1v) is 8.36. The summed E-state index contributed by atoms with van der Waals surface area (Å²) in [5.74, 6) is -1.33. The van der Waals surface area contributed by atoms with Crippen LogP contribution in [0.25, 0.3) is 9.40 Å². The first kappa shape index (κ1) is 14.3. The van der Waals surface area contributed by atoms with Crippen LogP contribution in [-0.4, -0.2) is 23.0 Å². The monoisotopic (exact) mass is 321 g/mol. The third-order valence-electron chi connectivity index (χ3n) is 3.55. The number of fused-ring (bicyclic) bond motifs is 1. The number of aryl methyl sites for hydroxylation is 1. The van der Waals surface area contributed by atoms with Gasteiger partial charge in [-0.15, -0.1) is 22.7 Å². The molecular formula is C15H15NO3S2. The minimum atomic E-state index is -0.800. The van der Waals surface area contributed by atoms with E-state index in [1.165, 1.54) is 16.2 Å². The Balaban J connectivity index is 1.70. The molecule has 0 spiro atoms. The van der Waals surface area contributed by atoms with Gasteiger partial charge in [-0.3, -0.25) is 9.59 Å². The molecule has 1 amide bonds. The van der Waals surface area contributed by atoms with Crippen molar-refractivity contribution in [1.82, 2.24) is 5.32 Å². The number of nitrogens with one attached hydrogen (secondary N) is 1. The van der Waals surface area contributed by atoms with E-state index >= 15 is 0 Å². The lowest BCUT2D eigenvalue weighted by Crippen LogP contribution is -2.37. The van der Waals surface area contributed by atoms with Crippen molar-refractivity contribution >= 4 is 43.9 Å². The number of hydrogen-bond acceptors (Lipinski definition) is 4. The fourth-order valence-corrected chi connectivity index (χ4v) is 4.72. The molecule has 0 saturated carbocycles. The van der Waals surface area contributed by atoms with E-state index in [2.05, 4.69) is 18.3 Å². The van der Waals surface area contributed by atoms with Gasteiger partial charge in [0.2, 0.25) is 0 Å². The number of aliphatic carboxylic acids is 1. The Hall–Kier alpha value is -1.66. The Kier molecular flexibility index (Phi) is 3.82. The number of allylic oxidation sites excluding steroid dienone is 1. The van der Waals surface area contributed by atoms with Crippen molar-refractivity contribution in [2.24, 2.45) is 5.92 Å². The predicted molar refractivity (Wildman–Crippen MR) is 85.2 cm³/mol. The topological polar surface area (TPSA) is 66.4 Å². The number of carboxylic acids is 1. The summed E-state index contributed by atoms with van der Waals surface area (Å²) >= 11 is 3.16. The number of hydrogen-bond donors (Lipinski definition) is 2. The van der Waals surface area contributed by atoms with E-state index in [0.717, 1.165) is 9.40 Å². The highest BCUT2D eigenvalue weighted by Gasteiger charge is 2.25. The molecule has 0 fully saturated rings. The molecule has 0 unspecified atom stereocenters. The van der Waals surface area contributed by atoms with Gasteiger partial charge in [-0.2, -0.15) is 0 Å². The molecule has 0 saturated heterocycles. The summed E-state index contributed by atoms with van der Waals surface area (Å²) in [5, 5.41) is 12.0. The molecule has 110 valence electrons. The van der Waals surface area contributed by atoms with Crippen molar-refractivity contribution < 1.29 is 14.7 Å². The Morgan fingerprint density at radius 2 is 2.05 bits per heavy atom. The van der Waals surface area contributed by atoms with Crippen LogP contribution in [0.4, 0.5) is 0 Å². The molecule has 2 aromatic heterocycles. The molecule has 0 aliphatic heterocycles. The molecule has 2 heterocycles. The van der Waals surface area contributed by atoms with Gasteiger partial charge in [-0.1, -0.05) is 12.2 Å². The zero-order valence-electron chi connectivity index (χ0n) is 11.5. The second-order valence-electron chi connectivity index (χ2n) is 5.21. The number of carbonyl (C=O) groups is 2. The van der Waals surface area contributed by atoms with Crippen molar-refractivity contribution in [2.75, 3.05) is 0 Å². The second-order valence-corrected chi connectivity index (χ2v) is 7.58. The lowest BCUT2D eigenvalue weighted by atomic mass is 9.91. The number of amides is 1. The van der Waals surface area contributed by atoms with Crippen molar-refractivity contribution in [1.29, 1.82) is 0 Å². The smallest absolute Gasteiger partial charge is 0.306 e. The van der Waals surface area contributed by atoms with Gasteiger partial charge in [0.15, 0.2) is 0 Å². The molecule has 21 heavy (non-hydrogen) atoms. The summed E-state index contributed by atoms with van der Waals surface area (Å²) in [6.45, 7) is 2.05. The zero-order valence-corrected chi connectivity index (χ0v) is 13.1. The molecule has 0 bridgehead atoms. The van der Waals surface area contributed by atoms with Crippen LogP contribution in [0.1, 0.15) is 27.4 Å². The summed E-state index contributed by atoms with van der Waals surface area (Å²) in [6.07, 6.45) is 4.72. The molecule has 1 aliphatic rings. The Morgan fingerprint density at radius 1 is 1.29 bits per heavy atom. The maximum atomic E-state index is 12.3. The summed E-state index contributed by atoms with van der Waals surface area (Å²) < 4.78 is 2.26. The third-order valence-corrected chi connectivity index (χ3v) is 5.75. The molecule has 6 heteroatoms. The average molecular weight is 321 g/mol. The first-order chi connectivity index (χ1) is 10.0. The number of rotatable bonds is 3. The van der Waals surface area contributed by atoms with Crippen LogP contribution in [0.15, 0.2) is 24.3 Å². The molecule has 1 aliphatic carbocycles. The van der Waals surface area contributed by atoms with Gasteiger partial charge in [0.1, 0.15) is 0 Å². The molecule has 2 atom stereocenters. The highest BCUT2D eigenvalue weighted by Crippen LogP contribution is 2.32. The van der Waals surface area contributed by atoms with E-state index in [1.54, 1.807) is 11.3 Å². The van der Waals surface area contributed by atoms with Crippen LogP contribution in [-0.2, 0) is 4.79 Å². The molecule has 2 N–H and O–H groups in total. The highest BCUT2D eigenvalue weighted by molar-refractivity contribution is 7.28. The average Bonchev–Trinajstić information content (AvgIpc) is 2.96. The SMILES string of the molecule is Cc1cc2sc(C(=O)N[C@H]3C=CC[C@H](C(=O)O)C3)cc2s1. The molecule has 4 nitrogen and oxygen atoms in total. The quantitative estimate of drug-likeness (QED) is 0.851. The van der Waals surface area contributed by atoms with Gasteiger partial charge in [-0.05, 0) is 31.9 Å². The fraction of sp³-hybridized carbons (Fsp3) is 0.333. The highest BCUT2D eigenvalue weighted by atomic mass is 32.1. The van der Waals surface area contributed by atoms with Crippen LogP contribution in [0.2, 0.25) is 0 Å². The second kappa shape index (κ2) is 5.61. The molecule has 2 aromatic rings. The minimum Gasteiger partial charge on any atom is -0.481 e. The van der Waals surface area contributed by atoms with Crippen LogP contribution in [0, 0.1) is 12.8 Å². The number of carbonyl (C=O) groups excluding carboxylic acids is 1. The standard InChI is InChI=1S/C15H15NO3S2/c1-8-5-11-12(20-8)7-13(21-11)14(17)16-10-4-2-3-9(6-10)15(18)19/h2,4-5,7,9-10H,3,6H2,1H3,(H,16,17)(H,18,19)/t9-,10-/m0/s1. The Bertz CT molecular complexity index is 697. The largest absolute Gasteiger partial charge is 0.481 e. The molecule has 0 radical (unpaired) electrons. The van der Waals surface area contributed by atoms with E-state index < -0.39 is 11.9 Å². The first-order valence-electron chi connectivity index (χ1n) is 6.73. The van der Waals surface area contributed by atoms with Gasteiger partial charge in [0.25, 0.3) is 5.91 Å². The minimum absolute atomic E-state index is 0.123. The van der Waals surface area contributed by atoms with Crippen molar-refractivity contribution in [2.45, 2.75) is 25.8 Å². The van der Waals surface area contributed by atoms with Gasteiger partial charge in [-0.25, -0.2) is 0 Å². The van der Waals surface area contributed by atoms with Crippen LogP contribution < -0.4 is 5.32 Å². The van der Waals surface area contributed by atoms with E-state index in [0.29, 0.717) is 17.7 Å². The van der Waals surface area contributed by atoms with Crippen LogP contribution >= 0.6 is 22.7 Å². The summed E-state index contributed by atoms with van der Waals surface area (Å²) in [6, 6.07) is 3.80. The van der Waals surface area contributed by atoms with Gasteiger partial charge < -0.3 is 10.4 Å². The van der Waals surface area contributed by atoms with Crippen LogP contribution in [0.5, 0.6) is 0 Å². The van der Waals surface area contributed by atoms with E-state index in [4.69, 9.17) is 5.11 Å². The maximum absolute atomic E-state index is 12.3. The normalized spacial score (nSPS) is 21.6. The van der Waals surface area contributed by atoms with E-state index in [-0.39, 0.29) is 11.9 Å². The van der Waals surface area contributed by atoms with Gasteiger partial charge in [0, 0.05) is 20.3 Å². The lowest BCUT2D eigenvalue weighted by Gasteiger charge is -2.22. The van der Waals surface area contributed by atoms with Gasteiger partial charge >= 0.3 is 5.97 Å². The number of thiophene rings is 2. The van der Waals surface area contributed by atoms with E-state index in [9.17, 15) is 9.59 Å². The summed E-state index contributed by atoms with van der Waals surface area (Å²) in [5.41, 5.74) is 0. The fourth-order valence-electron chi connectivity index (χ4n) is 2.50. The Morgan fingerprint density at radius 3 is 2.76 bits per heavy atom. The summed E-state index contributed by atoms with van der Waals surface area (Å²) in [4.78, 5) is 25.2. The number of carboxylic acid groups (broad SMARTS) is 1. The molecular weight excluding hydrogens is 306 g/mol. The third kappa shape index (κ3) is 3.01. The predicted octanol–water partition coefficient (Wildman–Crippen LogP) is 3.42. The lowest BCUT2D eigenvalue weighted by molar-refractivity contribution is -0.142. The summed E-state index contributed by atoms with van der Waals surface area (Å²) in [7, 11) is 0. The van der Waals surface area contributed by atoms with Crippen molar-refractivity contribution in [3.8, 4) is 0 Å². The van der Waals surface area contributed by atoms with Gasteiger partial charge in [0.05, 0.1) is 10.8 Å². The van der Waals surface area contributed by atoms with Crippen LogP contribution in [0.3, 0.4) is 0 Å². The molecule has 3 rings (SSSR count). The molecule has 0 aromatic carbocycles. The van der Waals surface area contributed by atoms with E-state index in [1.807, 2.05) is 18.2 Å². The van der Waals surface area contributed by atoms with Crippen molar-refractivity contribution in [3.63, 3.8) is 0 Å². The Labute approximate surface area is 130 Å². The zero-order chi connectivity index (χ0) is 15.0. The maximum Gasteiger partial charge on any atom is 0.306 e. The van der Waals surface area contributed by atoms with Crippen molar-refractivity contribution in [3.05, 3.63) is 34.0 Å².